The van der Waals surface area contributed by atoms with Gasteiger partial charge in [-0.3, -0.25) is 4.79 Å². The minimum absolute atomic E-state index is 0.0597. The number of carbonyl (C=O) groups is 1. The number of carbonyl (C=O) groups excluding carboxylic acids is 1. The van der Waals surface area contributed by atoms with Crippen molar-refractivity contribution in [1.82, 2.24) is 9.21 Å². The number of rotatable bonds is 4. The summed E-state index contributed by atoms with van der Waals surface area (Å²) in [6.45, 7) is 7.96. The Hall–Kier alpha value is -1.51. The Morgan fingerprint density at radius 3 is 2.30 bits per heavy atom. The van der Waals surface area contributed by atoms with Gasteiger partial charge >= 0.3 is 0 Å². The van der Waals surface area contributed by atoms with E-state index in [1.54, 1.807) is 24.0 Å². The van der Waals surface area contributed by atoms with E-state index in [4.69, 9.17) is 4.74 Å². The van der Waals surface area contributed by atoms with E-state index in [2.05, 4.69) is 13.8 Å². The summed E-state index contributed by atoms with van der Waals surface area (Å²) < 4.78 is 32.7. The molecular weight excluding hydrogens is 384 g/mol. The van der Waals surface area contributed by atoms with Crippen molar-refractivity contribution in [3.8, 4) is 0 Å². The average molecular weight is 411 g/mol. The number of sulfonamides is 1. The van der Waals surface area contributed by atoms with Gasteiger partial charge in [0, 0.05) is 31.9 Å². The Labute approximate surface area is 165 Å². The van der Waals surface area contributed by atoms with Crippen molar-refractivity contribution in [3.63, 3.8) is 0 Å². The number of allylic oxidation sites excluding steroid dienone is 1. The van der Waals surface area contributed by atoms with Crippen LogP contribution in [0.4, 0.5) is 0 Å². The summed E-state index contributed by atoms with van der Waals surface area (Å²) in [6, 6.07) is 7.08. The highest BCUT2D eigenvalue weighted by Gasteiger charge is 2.32. The molecular formula is C19H26N2O4S2. The molecule has 0 radical (unpaired) electrons. The number of hydrogen-bond acceptors (Lipinski definition) is 5. The van der Waals surface area contributed by atoms with Crippen LogP contribution in [0.3, 0.4) is 0 Å². The first-order valence-electron chi connectivity index (χ1n) is 9.16. The molecule has 0 bridgehead atoms. The van der Waals surface area contributed by atoms with Gasteiger partial charge in [0.25, 0.3) is 5.91 Å². The lowest BCUT2D eigenvalue weighted by Crippen LogP contribution is -2.50. The van der Waals surface area contributed by atoms with Crippen molar-refractivity contribution in [3.05, 3.63) is 40.5 Å². The summed E-state index contributed by atoms with van der Waals surface area (Å²) in [7, 11) is -3.54. The summed E-state index contributed by atoms with van der Waals surface area (Å²) in [5.74, 6) is 1.72. The smallest absolute Gasteiger partial charge is 0.263 e. The van der Waals surface area contributed by atoms with Crippen molar-refractivity contribution in [2.24, 2.45) is 0 Å². The van der Waals surface area contributed by atoms with E-state index in [1.807, 2.05) is 12.1 Å². The lowest BCUT2D eigenvalue weighted by molar-refractivity contribution is -0.127. The summed E-state index contributed by atoms with van der Waals surface area (Å²) in [5, 5.41) is 0. The fourth-order valence-corrected chi connectivity index (χ4v) is 5.47. The molecule has 2 aliphatic heterocycles. The maximum Gasteiger partial charge on any atom is 0.263 e. The standard InChI is InChI=1S/C19H26N2O4S2/c1-14(2)16-4-6-17(7-5-16)27(23,24)21-10-8-20(9-11-21)19(22)18-15(3)25-12-13-26-18/h4-7,14H,8-13H2,1-3H3. The second kappa shape index (κ2) is 8.24. The number of benzene rings is 1. The number of piperazine rings is 1. The van der Waals surface area contributed by atoms with Crippen LogP contribution >= 0.6 is 11.8 Å². The fraction of sp³-hybridized carbons (Fsp3) is 0.526. The molecule has 0 unspecified atom stereocenters. The van der Waals surface area contributed by atoms with Gasteiger partial charge in [0.1, 0.15) is 10.7 Å². The molecule has 0 saturated carbocycles. The van der Waals surface area contributed by atoms with Gasteiger partial charge in [-0.05, 0) is 30.5 Å². The molecule has 6 nitrogen and oxygen atoms in total. The molecule has 2 heterocycles. The van der Waals surface area contributed by atoms with Gasteiger partial charge in [-0.1, -0.05) is 26.0 Å². The first-order chi connectivity index (χ1) is 12.8. The predicted octanol–water partition coefficient (Wildman–Crippen LogP) is 2.64. The minimum Gasteiger partial charge on any atom is -0.496 e. The number of thioether (sulfide) groups is 1. The molecule has 1 amide bonds. The van der Waals surface area contributed by atoms with E-state index in [1.165, 1.54) is 16.1 Å². The highest BCUT2D eigenvalue weighted by atomic mass is 32.2. The molecule has 2 aliphatic rings. The van der Waals surface area contributed by atoms with E-state index in [9.17, 15) is 13.2 Å². The highest BCUT2D eigenvalue weighted by molar-refractivity contribution is 8.04. The van der Waals surface area contributed by atoms with Crippen LogP contribution < -0.4 is 0 Å². The molecule has 1 aromatic rings. The third kappa shape index (κ3) is 4.33. The summed E-state index contributed by atoms with van der Waals surface area (Å²) >= 11 is 1.51. The van der Waals surface area contributed by atoms with Crippen LogP contribution in [0.5, 0.6) is 0 Å². The first-order valence-corrected chi connectivity index (χ1v) is 11.6. The summed E-state index contributed by atoms with van der Waals surface area (Å²) in [4.78, 5) is 15.4. The third-order valence-corrected chi connectivity index (χ3v) is 7.91. The normalized spacial score (nSPS) is 19.3. The molecule has 0 aromatic heterocycles. The van der Waals surface area contributed by atoms with Gasteiger partial charge in [-0.25, -0.2) is 8.42 Å². The second-order valence-electron chi connectivity index (χ2n) is 7.00. The Kier molecular flexibility index (Phi) is 6.18. The minimum atomic E-state index is -3.54. The molecule has 0 atom stereocenters. The van der Waals surface area contributed by atoms with E-state index in [0.29, 0.717) is 54.3 Å². The molecule has 27 heavy (non-hydrogen) atoms. The van der Waals surface area contributed by atoms with E-state index in [-0.39, 0.29) is 5.91 Å². The van der Waals surface area contributed by atoms with Gasteiger partial charge in [-0.15, -0.1) is 11.8 Å². The zero-order valence-electron chi connectivity index (χ0n) is 16.0. The van der Waals surface area contributed by atoms with Crippen molar-refractivity contribution >= 4 is 27.7 Å². The number of hydrogen-bond donors (Lipinski definition) is 0. The second-order valence-corrected chi connectivity index (χ2v) is 10.0. The van der Waals surface area contributed by atoms with E-state index < -0.39 is 10.0 Å². The van der Waals surface area contributed by atoms with Crippen molar-refractivity contribution < 1.29 is 17.9 Å². The molecule has 3 rings (SSSR count). The van der Waals surface area contributed by atoms with Crippen LogP contribution in [0.15, 0.2) is 39.8 Å². The Balaban J connectivity index is 1.66. The van der Waals surface area contributed by atoms with Crippen molar-refractivity contribution in [2.75, 3.05) is 38.5 Å². The van der Waals surface area contributed by atoms with E-state index in [0.717, 1.165) is 11.3 Å². The number of amides is 1. The molecule has 1 saturated heterocycles. The topological polar surface area (TPSA) is 66.9 Å². The lowest BCUT2D eigenvalue weighted by atomic mass is 10.0. The summed E-state index contributed by atoms with van der Waals surface area (Å²) in [5.41, 5.74) is 1.11. The van der Waals surface area contributed by atoms with Gasteiger partial charge in [0.2, 0.25) is 10.0 Å². The largest absolute Gasteiger partial charge is 0.496 e. The van der Waals surface area contributed by atoms with Crippen LogP contribution in [0.25, 0.3) is 0 Å². The van der Waals surface area contributed by atoms with Crippen LogP contribution in [0.2, 0.25) is 0 Å². The average Bonchev–Trinajstić information content (AvgIpc) is 2.68. The monoisotopic (exact) mass is 410 g/mol. The molecule has 0 aliphatic carbocycles. The highest BCUT2D eigenvalue weighted by Crippen LogP contribution is 2.28. The van der Waals surface area contributed by atoms with Crippen LogP contribution in [0.1, 0.15) is 32.3 Å². The first kappa shape index (κ1) is 20.2. The number of ether oxygens (including phenoxy) is 1. The predicted molar refractivity (Wildman–Crippen MR) is 107 cm³/mol. The zero-order chi connectivity index (χ0) is 19.6. The zero-order valence-corrected chi connectivity index (χ0v) is 17.6. The van der Waals surface area contributed by atoms with Crippen LogP contribution in [0, 0.1) is 0 Å². The Morgan fingerprint density at radius 2 is 1.74 bits per heavy atom. The maximum absolute atomic E-state index is 12.9. The van der Waals surface area contributed by atoms with Gasteiger partial charge in [0.15, 0.2) is 0 Å². The summed E-state index contributed by atoms with van der Waals surface area (Å²) in [6.07, 6.45) is 0. The molecule has 1 aromatic carbocycles. The van der Waals surface area contributed by atoms with Gasteiger partial charge in [-0.2, -0.15) is 4.31 Å². The molecule has 8 heteroatoms. The maximum atomic E-state index is 12.9. The van der Waals surface area contributed by atoms with Gasteiger partial charge < -0.3 is 9.64 Å². The SMILES string of the molecule is CC1=C(C(=O)N2CCN(S(=O)(=O)c3ccc(C(C)C)cc3)CC2)SCCO1. The Bertz CT molecular complexity index is 824. The fourth-order valence-electron chi connectivity index (χ4n) is 3.17. The van der Waals surface area contributed by atoms with E-state index >= 15 is 0 Å². The molecule has 0 N–H and O–H groups in total. The lowest BCUT2D eigenvalue weighted by Gasteiger charge is -2.35. The molecule has 0 spiro atoms. The van der Waals surface area contributed by atoms with Crippen molar-refractivity contribution in [2.45, 2.75) is 31.6 Å². The quantitative estimate of drug-likeness (QED) is 0.763. The third-order valence-electron chi connectivity index (χ3n) is 4.87. The Morgan fingerprint density at radius 1 is 1.11 bits per heavy atom. The van der Waals surface area contributed by atoms with Gasteiger partial charge in [0.05, 0.1) is 11.5 Å². The van der Waals surface area contributed by atoms with Crippen LogP contribution in [-0.4, -0.2) is 62.1 Å². The van der Waals surface area contributed by atoms with Crippen molar-refractivity contribution in [1.29, 1.82) is 0 Å². The number of nitrogens with zero attached hydrogens (tertiary/aromatic N) is 2. The molecule has 1 fully saturated rings. The van der Waals surface area contributed by atoms with Crippen LogP contribution in [-0.2, 0) is 19.6 Å². The molecule has 148 valence electrons.